The highest BCUT2D eigenvalue weighted by Crippen LogP contribution is 2.28. The molecule has 0 saturated carbocycles. The number of hydrogen-bond donors (Lipinski definition) is 2. The second kappa shape index (κ2) is 5.98. The lowest BCUT2D eigenvalue weighted by atomic mass is 10.2. The molecule has 0 amide bonds. The Hall–Kier alpha value is -1.91. The summed E-state index contributed by atoms with van der Waals surface area (Å²) in [4.78, 5) is 0. The Labute approximate surface area is 101 Å². The maximum atomic E-state index is 7.39. The van der Waals surface area contributed by atoms with E-state index in [1.807, 2.05) is 6.92 Å². The van der Waals surface area contributed by atoms with E-state index in [9.17, 15) is 0 Å². The first-order valence-electron chi connectivity index (χ1n) is 5.34. The summed E-state index contributed by atoms with van der Waals surface area (Å²) in [7, 11) is 3.14. The van der Waals surface area contributed by atoms with Crippen LogP contribution in [0.3, 0.4) is 0 Å². The fourth-order valence-corrected chi connectivity index (χ4v) is 1.38. The standard InChI is InChI=1S/C12H18N2O3/c1-4-11(12(13)14)17-10-6-8(15-2)5-9(7-10)16-3/h5-7,11H,4H2,1-3H3,(H3,13,14). The first kappa shape index (κ1) is 13.2. The van der Waals surface area contributed by atoms with Crippen molar-refractivity contribution in [1.29, 1.82) is 5.41 Å². The van der Waals surface area contributed by atoms with Gasteiger partial charge in [0, 0.05) is 18.2 Å². The summed E-state index contributed by atoms with van der Waals surface area (Å²) in [5.41, 5.74) is 5.43. The van der Waals surface area contributed by atoms with Crippen molar-refractivity contribution in [1.82, 2.24) is 0 Å². The summed E-state index contributed by atoms with van der Waals surface area (Å²) in [5.74, 6) is 1.85. The van der Waals surface area contributed by atoms with Gasteiger partial charge in [-0.15, -0.1) is 0 Å². The van der Waals surface area contributed by atoms with Crippen molar-refractivity contribution in [2.24, 2.45) is 5.73 Å². The average Bonchev–Trinajstić information content (AvgIpc) is 2.34. The molecule has 1 unspecified atom stereocenters. The molecular weight excluding hydrogens is 220 g/mol. The fourth-order valence-electron chi connectivity index (χ4n) is 1.38. The highest BCUT2D eigenvalue weighted by Gasteiger charge is 2.12. The third kappa shape index (κ3) is 3.55. The Morgan fingerprint density at radius 1 is 1.18 bits per heavy atom. The summed E-state index contributed by atoms with van der Waals surface area (Å²) in [5, 5.41) is 7.39. The monoisotopic (exact) mass is 238 g/mol. The van der Waals surface area contributed by atoms with Gasteiger partial charge in [-0.1, -0.05) is 6.92 Å². The molecule has 5 heteroatoms. The summed E-state index contributed by atoms with van der Waals surface area (Å²) < 4.78 is 15.9. The van der Waals surface area contributed by atoms with Gasteiger partial charge in [-0.3, -0.25) is 5.41 Å². The molecule has 17 heavy (non-hydrogen) atoms. The van der Waals surface area contributed by atoms with Gasteiger partial charge in [-0.2, -0.15) is 0 Å². The normalized spacial score (nSPS) is 11.7. The number of rotatable bonds is 6. The van der Waals surface area contributed by atoms with Crippen molar-refractivity contribution in [2.75, 3.05) is 14.2 Å². The molecule has 0 aliphatic carbocycles. The Kier molecular flexibility index (Phi) is 4.63. The van der Waals surface area contributed by atoms with Gasteiger partial charge in [-0.05, 0) is 6.42 Å². The third-order valence-electron chi connectivity index (χ3n) is 2.32. The van der Waals surface area contributed by atoms with Crippen LogP contribution in [0.5, 0.6) is 17.2 Å². The number of nitrogens with one attached hydrogen (secondary N) is 1. The molecule has 0 aromatic heterocycles. The largest absolute Gasteiger partial charge is 0.496 e. The average molecular weight is 238 g/mol. The van der Waals surface area contributed by atoms with Crippen LogP contribution in [0.15, 0.2) is 18.2 Å². The van der Waals surface area contributed by atoms with Gasteiger partial charge in [0.1, 0.15) is 23.1 Å². The molecule has 0 radical (unpaired) electrons. The van der Waals surface area contributed by atoms with Gasteiger partial charge in [0.15, 0.2) is 6.10 Å². The number of ether oxygens (including phenoxy) is 3. The lowest BCUT2D eigenvalue weighted by molar-refractivity contribution is 0.257. The smallest absolute Gasteiger partial charge is 0.155 e. The van der Waals surface area contributed by atoms with E-state index in [-0.39, 0.29) is 5.84 Å². The second-order valence-electron chi connectivity index (χ2n) is 3.52. The van der Waals surface area contributed by atoms with E-state index in [1.165, 1.54) is 0 Å². The quantitative estimate of drug-likeness (QED) is 0.585. The highest BCUT2D eigenvalue weighted by molar-refractivity contribution is 5.82. The molecule has 0 saturated heterocycles. The van der Waals surface area contributed by atoms with Crippen molar-refractivity contribution in [3.05, 3.63) is 18.2 Å². The van der Waals surface area contributed by atoms with E-state index in [2.05, 4.69) is 0 Å². The first-order chi connectivity index (χ1) is 8.10. The van der Waals surface area contributed by atoms with Crippen molar-refractivity contribution >= 4 is 5.84 Å². The molecule has 94 valence electrons. The molecule has 3 N–H and O–H groups in total. The maximum absolute atomic E-state index is 7.39. The topological polar surface area (TPSA) is 77.6 Å². The van der Waals surface area contributed by atoms with Gasteiger partial charge < -0.3 is 19.9 Å². The van der Waals surface area contributed by atoms with Gasteiger partial charge >= 0.3 is 0 Å². The molecule has 0 bridgehead atoms. The summed E-state index contributed by atoms with van der Waals surface area (Å²) in [6.45, 7) is 1.91. The molecule has 0 heterocycles. The van der Waals surface area contributed by atoms with Gasteiger partial charge in [0.25, 0.3) is 0 Å². The lowest BCUT2D eigenvalue weighted by Crippen LogP contribution is -2.32. The minimum atomic E-state index is -0.424. The van der Waals surface area contributed by atoms with Gasteiger partial charge in [-0.25, -0.2) is 0 Å². The van der Waals surface area contributed by atoms with E-state index in [0.29, 0.717) is 23.7 Å². The number of benzene rings is 1. The van der Waals surface area contributed by atoms with Crippen LogP contribution in [0.4, 0.5) is 0 Å². The predicted octanol–water partition coefficient (Wildman–Crippen LogP) is 1.80. The van der Waals surface area contributed by atoms with Crippen LogP contribution >= 0.6 is 0 Å². The second-order valence-corrected chi connectivity index (χ2v) is 3.52. The number of hydrogen-bond acceptors (Lipinski definition) is 4. The van der Waals surface area contributed by atoms with Crippen LogP contribution < -0.4 is 19.9 Å². The van der Waals surface area contributed by atoms with E-state index in [1.54, 1.807) is 32.4 Å². The molecule has 1 rings (SSSR count). The van der Waals surface area contributed by atoms with Crippen molar-refractivity contribution in [3.8, 4) is 17.2 Å². The lowest BCUT2D eigenvalue weighted by Gasteiger charge is -2.17. The van der Waals surface area contributed by atoms with Crippen LogP contribution in [0.1, 0.15) is 13.3 Å². The van der Waals surface area contributed by atoms with E-state index in [4.69, 9.17) is 25.4 Å². The maximum Gasteiger partial charge on any atom is 0.155 e. The summed E-state index contributed by atoms with van der Waals surface area (Å²) in [6.07, 6.45) is 0.210. The van der Waals surface area contributed by atoms with Crippen LogP contribution in [0, 0.1) is 5.41 Å². The number of methoxy groups -OCH3 is 2. The minimum absolute atomic E-state index is 0.00860. The summed E-state index contributed by atoms with van der Waals surface area (Å²) >= 11 is 0. The van der Waals surface area contributed by atoms with E-state index >= 15 is 0 Å². The van der Waals surface area contributed by atoms with Crippen LogP contribution in [-0.4, -0.2) is 26.2 Å². The molecule has 1 atom stereocenters. The molecule has 0 aliphatic heterocycles. The number of amidine groups is 1. The van der Waals surface area contributed by atoms with E-state index < -0.39 is 6.10 Å². The molecule has 0 aliphatic rings. The predicted molar refractivity (Wildman–Crippen MR) is 66.2 cm³/mol. The highest BCUT2D eigenvalue weighted by atomic mass is 16.5. The van der Waals surface area contributed by atoms with Crippen LogP contribution in [-0.2, 0) is 0 Å². The summed E-state index contributed by atoms with van der Waals surface area (Å²) in [6, 6.07) is 5.21. The zero-order valence-corrected chi connectivity index (χ0v) is 10.3. The SMILES string of the molecule is CCC(Oc1cc(OC)cc(OC)c1)C(=N)N. The Morgan fingerprint density at radius 3 is 2.00 bits per heavy atom. The minimum Gasteiger partial charge on any atom is -0.496 e. The van der Waals surface area contributed by atoms with Crippen LogP contribution in [0.25, 0.3) is 0 Å². The molecule has 1 aromatic carbocycles. The third-order valence-corrected chi connectivity index (χ3v) is 2.32. The van der Waals surface area contributed by atoms with Crippen molar-refractivity contribution < 1.29 is 14.2 Å². The van der Waals surface area contributed by atoms with E-state index in [0.717, 1.165) is 0 Å². The molecule has 1 aromatic rings. The zero-order chi connectivity index (χ0) is 12.8. The van der Waals surface area contributed by atoms with Crippen LogP contribution in [0.2, 0.25) is 0 Å². The Balaban J connectivity index is 2.92. The first-order valence-corrected chi connectivity index (χ1v) is 5.34. The Morgan fingerprint density at radius 2 is 1.65 bits per heavy atom. The molecule has 5 nitrogen and oxygen atoms in total. The molecule has 0 spiro atoms. The number of nitrogens with two attached hydrogens (primary N) is 1. The van der Waals surface area contributed by atoms with Crippen molar-refractivity contribution in [2.45, 2.75) is 19.4 Å². The van der Waals surface area contributed by atoms with Gasteiger partial charge in [0.2, 0.25) is 0 Å². The molecule has 0 fully saturated rings. The Bertz CT molecular complexity index is 371. The molecular formula is C12H18N2O3. The van der Waals surface area contributed by atoms with Gasteiger partial charge in [0.05, 0.1) is 14.2 Å². The zero-order valence-electron chi connectivity index (χ0n) is 10.3. The van der Waals surface area contributed by atoms with Crippen molar-refractivity contribution in [3.63, 3.8) is 0 Å². The fraction of sp³-hybridized carbons (Fsp3) is 0.417.